The Labute approximate surface area is 84.9 Å². The van der Waals surface area contributed by atoms with Crippen molar-refractivity contribution < 1.29 is 5.11 Å². The maximum atomic E-state index is 9.26. The topological polar surface area (TPSA) is 20.2 Å². The first-order valence-electron chi connectivity index (χ1n) is 3.01. The molecule has 0 heterocycles. The minimum Gasteiger partial charge on any atom is -0.386 e. The minimum absolute atomic E-state index is 0.266. The number of aliphatic hydroxyl groups is 1. The van der Waals surface area contributed by atoms with Gasteiger partial charge in [-0.05, 0) is 6.08 Å². The van der Waals surface area contributed by atoms with E-state index in [1.54, 1.807) is 0 Å². The Balaban J connectivity index is 2.83. The molecule has 0 spiro atoms. The Morgan fingerprint density at radius 1 is 1.18 bits per heavy atom. The maximum Gasteiger partial charge on any atom is 0.107 e. The van der Waals surface area contributed by atoms with Crippen molar-refractivity contribution in [3.05, 3.63) is 11.1 Å². The van der Waals surface area contributed by atoms with Gasteiger partial charge in [-0.3, -0.25) is 0 Å². The molecule has 0 aromatic heterocycles. The van der Waals surface area contributed by atoms with Gasteiger partial charge in [-0.1, -0.05) is 11.6 Å². The Morgan fingerprint density at radius 3 is 2.27 bits per heavy atom. The molecule has 0 aromatic rings. The predicted octanol–water partition coefficient (Wildman–Crippen LogP) is 2.31. The third-order valence-corrected chi connectivity index (χ3v) is 3.57. The summed E-state index contributed by atoms with van der Waals surface area (Å²) in [5.74, 6) is 0. The summed E-state index contributed by atoms with van der Waals surface area (Å²) < 4.78 is 0. The molecule has 1 aliphatic rings. The molecule has 0 fully saturated rings. The maximum absolute atomic E-state index is 9.26. The first-order valence-corrected chi connectivity index (χ1v) is 4.70. The summed E-state index contributed by atoms with van der Waals surface area (Å²) in [7, 11) is 0. The summed E-state index contributed by atoms with van der Waals surface area (Å²) in [6.45, 7) is 0. The second-order valence-electron chi connectivity index (χ2n) is 2.33. The molecular formula is C6H6Cl4O. The number of halogens is 4. The lowest BCUT2D eigenvalue weighted by molar-refractivity contribution is 0.205. The lowest BCUT2D eigenvalue weighted by Crippen LogP contribution is -2.38. The minimum atomic E-state index is -0.893. The standard InChI is InChI=1S/C6H6Cl4O/c7-2-1-3(8)6(11)5(10)4(2)9/h1-2,4-6,11H. The molecule has 4 unspecified atom stereocenters. The van der Waals surface area contributed by atoms with Crippen LogP contribution in [0.3, 0.4) is 0 Å². The molecule has 0 radical (unpaired) electrons. The van der Waals surface area contributed by atoms with Crippen molar-refractivity contribution in [1.82, 2.24) is 0 Å². The van der Waals surface area contributed by atoms with E-state index >= 15 is 0 Å². The monoisotopic (exact) mass is 234 g/mol. The molecule has 0 saturated heterocycles. The lowest BCUT2D eigenvalue weighted by Gasteiger charge is -2.28. The van der Waals surface area contributed by atoms with Crippen LogP contribution in [0.4, 0.5) is 0 Å². The highest BCUT2D eigenvalue weighted by Gasteiger charge is 2.35. The third kappa shape index (κ3) is 1.96. The molecule has 1 rings (SSSR count). The number of alkyl halides is 3. The van der Waals surface area contributed by atoms with Crippen molar-refractivity contribution >= 4 is 46.4 Å². The van der Waals surface area contributed by atoms with Gasteiger partial charge in [0.2, 0.25) is 0 Å². The Hall–Kier alpha value is 0.860. The fraction of sp³-hybridized carbons (Fsp3) is 0.667. The van der Waals surface area contributed by atoms with Crippen LogP contribution < -0.4 is 0 Å². The molecule has 64 valence electrons. The zero-order valence-corrected chi connectivity index (χ0v) is 8.37. The molecule has 0 amide bonds. The van der Waals surface area contributed by atoms with Crippen molar-refractivity contribution in [3.63, 3.8) is 0 Å². The van der Waals surface area contributed by atoms with Gasteiger partial charge in [-0.15, -0.1) is 34.8 Å². The van der Waals surface area contributed by atoms with Crippen molar-refractivity contribution in [3.8, 4) is 0 Å². The molecule has 0 bridgehead atoms. The Bertz CT molecular complexity index is 181. The summed E-state index contributed by atoms with van der Waals surface area (Å²) in [5, 5.41) is 8.03. The molecule has 4 atom stereocenters. The first kappa shape index (κ1) is 9.94. The molecule has 0 aliphatic heterocycles. The summed E-state index contributed by atoms with van der Waals surface area (Å²) in [6.07, 6.45) is 0.612. The zero-order chi connectivity index (χ0) is 8.59. The highest BCUT2D eigenvalue weighted by molar-refractivity contribution is 6.39. The van der Waals surface area contributed by atoms with E-state index in [2.05, 4.69) is 0 Å². The molecule has 0 aromatic carbocycles. The highest BCUT2D eigenvalue weighted by atomic mass is 35.5. The van der Waals surface area contributed by atoms with Gasteiger partial charge < -0.3 is 5.11 Å². The van der Waals surface area contributed by atoms with Crippen LogP contribution >= 0.6 is 46.4 Å². The van der Waals surface area contributed by atoms with E-state index in [4.69, 9.17) is 46.4 Å². The van der Waals surface area contributed by atoms with E-state index in [1.165, 1.54) is 6.08 Å². The molecule has 5 heteroatoms. The normalized spacial score (nSPS) is 45.4. The fourth-order valence-electron chi connectivity index (χ4n) is 0.845. The van der Waals surface area contributed by atoms with Crippen LogP contribution in [0.5, 0.6) is 0 Å². The van der Waals surface area contributed by atoms with Crippen LogP contribution in [0, 0.1) is 0 Å². The quantitative estimate of drug-likeness (QED) is 0.639. The largest absolute Gasteiger partial charge is 0.386 e. The Morgan fingerprint density at radius 2 is 1.73 bits per heavy atom. The van der Waals surface area contributed by atoms with E-state index in [-0.39, 0.29) is 5.03 Å². The van der Waals surface area contributed by atoms with Crippen LogP contribution in [0.1, 0.15) is 0 Å². The molecule has 1 N–H and O–H groups in total. The van der Waals surface area contributed by atoms with E-state index in [1.807, 2.05) is 0 Å². The zero-order valence-electron chi connectivity index (χ0n) is 5.35. The number of allylic oxidation sites excluding steroid dienone is 1. The van der Waals surface area contributed by atoms with Gasteiger partial charge in [0.15, 0.2) is 0 Å². The van der Waals surface area contributed by atoms with Gasteiger partial charge in [0.1, 0.15) is 6.10 Å². The summed E-state index contributed by atoms with van der Waals surface area (Å²) in [5.41, 5.74) is 0. The van der Waals surface area contributed by atoms with Gasteiger partial charge in [0.25, 0.3) is 0 Å². The van der Waals surface area contributed by atoms with E-state index < -0.39 is 22.2 Å². The van der Waals surface area contributed by atoms with Gasteiger partial charge in [-0.2, -0.15) is 0 Å². The number of hydrogen-bond donors (Lipinski definition) is 1. The molecule has 11 heavy (non-hydrogen) atoms. The third-order valence-electron chi connectivity index (χ3n) is 1.51. The van der Waals surface area contributed by atoms with Crippen LogP contribution in [0.2, 0.25) is 0 Å². The number of aliphatic hydroxyl groups excluding tert-OH is 1. The molecule has 1 aliphatic carbocycles. The van der Waals surface area contributed by atoms with Crippen molar-refractivity contribution in [2.24, 2.45) is 0 Å². The molecule has 1 nitrogen and oxygen atoms in total. The molecular weight excluding hydrogens is 230 g/mol. The Kier molecular flexibility index (Phi) is 3.36. The van der Waals surface area contributed by atoms with Crippen LogP contribution in [0.25, 0.3) is 0 Å². The van der Waals surface area contributed by atoms with Crippen LogP contribution in [-0.4, -0.2) is 27.3 Å². The van der Waals surface area contributed by atoms with Gasteiger partial charge in [0, 0.05) is 5.03 Å². The van der Waals surface area contributed by atoms with E-state index in [0.717, 1.165) is 0 Å². The van der Waals surface area contributed by atoms with E-state index in [0.29, 0.717) is 0 Å². The van der Waals surface area contributed by atoms with Crippen molar-refractivity contribution in [2.75, 3.05) is 0 Å². The van der Waals surface area contributed by atoms with E-state index in [9.17, 15) is 5.11 Å². The highest BCUT2D eigenvalue weighted by Crippen LogP contribution is 2.32. The first-order chi connectivity index (χ1) is 5.04. The van der Waals surface area contributed by atoms with Gasteiger partial charge >= 0.3 is 0 Å². The summed E-state index contributed by atoms with van der Waals surface area (Å²) in [4.78, 5) is 0. The lowest BCUT2D eigenvalue weighted by atomic mass is 10.0. The van der Waals surface area contributed by atoms with Crippen molar-refractivity contribution in [2.45, 2.75) is 22.2 Å². The van der Waals surface area contributed by atoms with Gasteiger partial charge in [0.05, 0.1) is 16.1 Å². The average Bonchev–Trinajstić information content (AvgIpc) is 1.97. The summed E-state index contributed by atoms with van der Waals surface area (Å²) >= 11 is 22.8. The average molecular weight is 236 g/mol. The van der Waals surface area contributed by atoms with Crippen LogP contribution in [0.15, 0.2) is 11.1 Å². The predicted molar refractivity (Wildman–Crippen MR) is 48.9 cm³/mol. The smallest absolute Gasteiger partial charge is 0.107 e. The fourth-order valence-corrected chi connectivity index (χ4v) is 2.11. The molecule has 0 saturated carbocycles. The summed E-state index contributed by atoms with van der Waals surface area (Å²) in [6, 6.07) is 0. The SMILES string of the molecule is OC1C(Cl)=CC(Cl)C(Cl)C1Cl. The van der Waals surface area contributed by atoms with Crippen molar-refractivity contribution in [1.29, 1.82) is 0 Å². The second-order valence-corrected chi connectivity index (χ2v) is 4.28. The van der Waals surface area contributed by atoms with Crippen LogP contribution in [-0.2, 0) is 0 Å². The second kappa shape index (κ2) is 3.71. The number of hydrogen-bond acceptors (Lipinski definition) is 1. The number of rotatable bonds is 0. The van der Waals surface area contributed by atoms with Gasteiger partial charge in [-0.25, -0.2) is 0 Å².